The SMILES string of the molecule is CC(=O)c1cccc(C(C)(C)NC(=O)Nc2ccc(Cl)c(N3CCN(C)CC3)c2)c1. The lowest BCUT2D eigenvalue weighted by Crippen LogP contribution is -2.44. The molecule has 160 valence electrons. The number of likely N-dealkylation sites (N-methyl/N-ethyl adjacent to an activating group) is 1. The van der Waals surface area contributed by atoms with E-state index in [4.69, 9.17) is 11.6 Å². The van der Waals surface area contributed by atoms with Crippen LogP contribution in [0.3, 0.4) is 0 Å². The Labute approximate surface area is 183 Å². The third-order valence-corrected chi connectivity index (χ3v) is 5.78. The second kappa shape index (κ2) is 9.06. The molecule has 0 unspecified atom stereocenters. The number of hydrogen-bond donors (Lipinski definition) is 2. The number of carbonyl (C=O) groups is 2. The summed E-state index contributed by atoms with van der Waals surface area (Å²) < 4.78 is 0. The quantitative estimate of drug-likeness (QED) is 0.695. The molecular weight excluding hydrogens is 400 g/mol. The van der Waals surface area contributed by atoms with Gasteiger partial charge < -0.3 is 20.4 Å². The number of Topliss-reactive ketones (excluding diaryl/α,β-unsaturated/α-hetero) is 1. The van der Waals surface area contributed by atoms with Crippen molar-refractivity contribution >= 4 is 34.8 Å². The summed E-state index contributed by atoms with van der Waals surface area (Å²) in [4.78, 5) is 28.9. The van der Waals surface area contributed by atoms with Gasteiger partial charge in [-0.05, 0) is 57.6 Å². The summed E-state index contributed by atoms with van der Waals surface area (Å²) in [7, 11) is 2.11. The van der Waals surface area contributed by atoms with Gasteiger partial charge in [-0.3, -0.25) is 4.79 Å². The maximum Gasteiger partial charge on any atom is 0.319 e. The predicted molar refractivity (Wildman–Crippen MR) is 123 cm³/mol. The normalized spacial score (nSPS) is 15.0. The van der Waals surface area contributed by atoms with Crippen molar-refractivity contribution in [2.75, 3.05) is 43.4 Å². The van der Waals surface area contributed by atoms with E-state index < -0.39 is 5.54 Å². The Hall–Kier alpha value is -2.57. The van der Waals surface area contributed by atoms with Gasteiger partial charge in [0.15, 0.2) is 5.78 Å². The van der Waals surface area contributed by atoms with Crippen LogP contribution in [0.15, 0.2) is 42.5 Å². The lowest BCUT2D eigenvalue weighted by atomic mass is 9.92. The number of halogens is 1. The zero-order valence-electron chi connectivity index (χ0n) is 18.0. The first kappa shape index (κ1) is 22.1. The summed E-state index contributed by atoms with van der Waals surface area (Å²) >= 11 is 6.42. The Balaban J connectivity index is 1.70. The topological polar surface area (TPSA) is 64.7 Å². The van der Waals surface area contributed by atoms with Gasteiger partial charge in [0, 0.05) is 37.4 Å². The molecule has 0 bridgehead atoms. The van der Waals surface area contributed by atoms with Crippen LogP contribution in [0.4, 0.5) is 16.2 Å². The fourth-order valence-electron chi connectivity index (χ4n) is 3.53. The van der Waals surface area contributed by atoms with Crippen LogP contribution in [0, 0.1) is 0 Å². The fraction of sp³-hybridized carbons (Fsp3) is 0.391. The van der Waals surface area contributed by atoms with Gasteiger partial charge >= 0.3 is 6.03 Å². The minimum absolute atomic E-state index is 0.00491. The summed E-state index contributed by atoms with van der Waals surface area (Å²) in [6, 6.07) is 12.5. The number of nitrogens with zero attached hydrogens (tertiary/aromatic N) is 2. The van der Waals surface area contributed by atoms with Crippen LogP contribution < -0.4 is 15.5 Å². The van der Waals surface area contributed by atoms with Crippen LogP contribution in [0.1, 0.15) is 36.7 Å². The molecule has 2 aromatic rings. The third-order valence-electron chi connectivity index (χ3n) is 5.46. The van der Waals surface area contributed by atoms with Crippen molar-refractivity contribution in [2.24, 2.45) is 0 Å². The van der Waals surface area contributed by atoms with E-state index in [-0.39, 0.29) is 11.8 Å². The zero-order valence-corrected chi connectivity index (χ0v) is 18.7. The van der Waals surface area contributed by atoms with Crippen molar-refractivity contribution in [3.63, 3.8) is 0 Å². The average molecular weight is 429 g/mol. The second-order valence-electron chi connectivity index (χ2n) is 8.30. The van der Waals surface area contributed by atoms with Crippen LogP contribution in [-0.4, -0.2) is 49.9 Å². The highest BCUT2D eigenvalue weighted by Gasteiger charge is 2.24. The molecule has 1 aliphatic heterocycles. The summed E-state index contributed by atoms with van der Waals surface area (Å²) in [6.07, 6.45) is 0. The molecule has 1 saturated heterocycles. The number of ketones is 1. The molecule has 1 heterocycles. The van der Waals surface area contributed by atoms with Gasteiger partial charge in [-0.1, -0.05) is 29.8 Å². The van der Waals surface area contributed by atoms with Crippen molar-refractivity contribution in [1.29, 1.82) is 0 Å². The van der Waals surface area contributed by atoms with Gasteiger partial charge in [-0.15, -0.1) is 0 Å². The monoisotopic (exact) mass is 428 g/mol. The first-order valence-corrected chi connectivity index (χ1v) is 10.5. The number of anilines is 2. The fourth-order valence-corrected chi connectivity index (χ4v) is 3.76. The van der Waals surface area contributed by atoms with Gasteiger partial charge in [0.25, 0.3) is 0 Å². The summed E-state index contributed by atoms with van der Waals surface area (Å²) in [5.41, 5.74) is 2.44. The van der Waals surface area contributed by atoms with Crippen LogP contribution in [-0.2, 0) is 5.54 Å². The number of nitrogens with one attached hydrogen (secondary N) is 2. The van der Waals surface area contributed by atoms with Crippen molar-refractivity contribution in [3.05, 3.63) is 58.6 Å². The van der Waals surface area contributed by atoms with E-state index in [1.807, 2.05) is 44.2 Å². The number of hydrogen-bond acceptors (Lipinski definition) is 4. The summed E-state index contributed by atoms with van der Waals surface area (Å²) in [5, 5.41) is 6.57. The third kappa shape index (κ3) is 5.32. The van der Waals surface area contributed by atoms with Gasteiger partial charge in [-0.2, -0.15) is 0 Å². The lowest BCUT2D eigenvalue weighted by Gasteiger charge is -2.34. The number of piperazine rings is 1. The van der Waals surface area contributed by atoms with E-state index in [9.17, 15) is 9.59 Å². The predicted octanol–water partition coefficient (Wildman–Crippen LogP) is 4.35. The second-order valence-corrected chi connectivity index (χ2v) is 8.70. The molecule has 2 amide bonds. The van der Waals surface area contributed by atoms with Crippen LogP contribution in [0.25, 0.3) is 0 Å². The highest BCUT2D eigenvalue weighted by Crippen LogP contribution is 2.30. The Morgan fingerprint density at radius 1 is 1.03 bits per heavy atom. The molecule has 0 aliphatic carbocycles. The number of benzene rings is 2. The lowest BCUT2D eigenvalue weighted by molar-refractivity contribution is 0.101. The molecule has 3 rings (SSSR count). The molecule has 30 heavy (non-hydrogen) atoms. The molecule has 0 spiro atoms. The molecule has 1 fully saturated rings. The maximum absolute atomic E-state index is 12.7. The van der Waals surface area contributed by atoms with Crippen molar-refractivity contribution in [3.8, 4) is 0 Å². The first-order valence-electron chi connectivity index (χ1n) is 10.1. The molecule has 7 heteroatoms. The molecule has 0 atom stereocenters. The van der Waals surface area contributed by atoms with E-state index in [0.29, 0.717) is 16.3 Å². The van der Waals surface area contributed by atoms with Crippen molar-refractivity contribution in [1.82, 2.24) is 10.2 Å². The molecule has 0 saturated carbocycles. The highest BCUT2D eigenvalue weighted by atomic mass is 35.5. The number of urea groups is 1. The first-order chi connectivity index (χ1) is 14.2. The Bertz CT molecular complexity index is 937. The van der Waals surface area contributed by atoms with Gasteiger partial charge in [0.1, 0.15) is 0 Å². The molecule has 0 radical (unpaired) electrons. The minimum Gasteiger partial charge on any atom is -0.368 e. The molecule has 1 aliphatic rings. The molecule has 6 nitrogen and oxygen atoms in total. The van der Waals surface area contributed by atoms with E-state index in [1.165, 1.54) is 6.92 Å². The van der Waals surface area contributed by atoms with Crippen LogP contribution in [0.5, 0.6) is 0 Å². The van der Waals surface area contributed by atoms with Gasteiger partial charge in [0.05, 0.1) is 16.2 Å². The Morgan fingerprint density at radius 2 is 1.73 bits per heavy atom. The Kier molecular flexibility index (Phi) is 6.68. The van der Waals surface area contributed by atoms with Crippen molar-refractivity contribution < 1.29 is 9.59 Å². The number of amides is 2. The molecular formula is C23H29ClN4O2. The van der Waals surface area contributed by atoms with E-state index >= 15 is 0 Å². The highest BCUT2D eigenvalue weighted by molar-refractivity contribution is 6.33. The summed E-state index contributed by atoms with van der Waals surface area (Å²) in [5.74, 6) is -0.00491. The molecule has 2 N–H and O–H groups in total. The van der Waals surface area contributed by atoms with Gasteiger partial charge in [-0.25, -0.2) is 4.79 Å². The number of carbonyl (C=O) groups excluding carboxylic acids is 2. The molecule has 2 aromatic carbocycles. The van der Waals surface area contributed by atoms with Gasteiger partial charge in [0.2, 0.25) is 0 Å². The molecule has 0 aromatic heterocycles. The van der Waals surface area contributed by atoms with Crippen molar-refractivity contribution in [2.45, 2.75) is 26.3 Å². The van der Waals surface area contributed by atoms with E-state index in [0.717, 1.165) is 37.4 Å². The summed E-state index contributed by atoms with van der Waals surface area (Å²) in [6.45, 7) is 9.08. The largest absolute Gasteiger partial charge is 0.368 e. The van der Waals surface area contributed by atoms with Crippen LogP contribution in [0.2, 0.25) is 5.02 Å². The minimum atomic E-state index is -0.651. The smallest absolute Gasteiger partial charge is 0.319 e. The Morgan fingerprint density at radius 3 is 2.40 bits per heavy atom. The average Bonchev–Trinajstić information content (AvgIpc) is 2.70. The van der Waals surface area contributed by atoms with Crippen LogP contribution >= 0.6 is 11.6 Å². The van der Waals surface area contributed by atoms with E-state index in [2.05, 4.69) is 27.5 Å². The standard InChI is InChI=1S/C23H29ClN4O2/c1-16(29)17-6-5-7-18(14-17)23(2,3)26-22(30)25-19-8-9-20(24)21(15-19)28-12-10-27(4)11-13-28/h5-9,14-15H,10-13H2,1-4H3,(H2,25,26,30). The maximum atomic E-state index is 12.7. The number of rotatable bonds is 5. The van der Waals surface area contributed by atoms with E-state index in [1.54, 1.807) is 12.1 Å². The zero-order chi connectivity index (χ0) is 21.9.